The van der Waals surface area contributed by atoms with Gasteiger partial charge >= 0.3 is 12.3 Å². The van der Waals surface area contributed by atoms with Gasteiger partial charge in [0.2, 0.25) is 0 Å². The molecule has 1 saturated heterocycles. The van der Waals surface area contributed by atoms with E-state index in [-0.39, 0.29) is 6.04 Å². The van der Waals surface area contributed by atoms with Crippen LogP contribution in [0.4, 0.5) is 9.59 Å². The van der Waals surface area contributed by atoms with E-state index in [4.69, 9.17) is 19.0 Å². The van der Waals surface area contributed by atoms with Gasteiger partial charge in [-0.25, -0.2) is 9.59 Å². The molecule has 1 unspecified atom stereocenters. The fourth-order valence-electron chi connectivity index (χ4n) is 3.32. The molecular formula is C24H35N3O6. The SMILES string of the molecule is CC(C)(C)OC(=O)O[C@H]1CC[C@@H](CC(C#N)NCc2ccccc2)N1OC(=O)OC(C)(C)C. The van der Waals surface area contributed by atoms with Crippen molar-refractivity contribution in [1.29, 1.82) is 5.26 Å². The van der Waals surface area contributed by atoms with Crippen molar-refractivity contribution in [3.8, 4) is 6.07 Å². The molecule has 0 saturated carbocycles. The highest BCUT2D eigenvalue weighted by Crippen LogP contribution is 2.30. The van der Waals surface area contributed by atoms with Gasteiger partial charge in [0.25, 0.3) is 0 Å². The van der Waals surface area contributed by atoms with E-state index in [1.165, 1.54) is 5.06 Å². The highest BCUT2D eigenvalue weighted by atomic mass is 16.8. The third-order valence-corrected chi connectivity index (χ3v) is 4.64. The van der Waals surface area contributed by atoms with Crippen molar-refractivity contribution in [3.05, 3.63) is 35.9 Å². The highest BCUT2D eigenvalue weighted by Gasteiger charge is 2.42. The summed E-state index contributed by atoms with van der Waals surface area (Å²) in [5, 5.41) is 14.2. The Labute approximate surface area is 195 Å². The van der Waals surface area contributed by atoms with Crippen molar-refractivity contribution in [2.45, 2.75) is 96.9 Å². The Morgan fingerprint density at radius 3 is 2.24 bits per heavy atom. The molecule has 1 aromatic carbocycles. The van der Waals surface area contributed by atoms with Crippen LogP contribution in [-0.4, -0.2) is 46.9 Å². The predicted octanol–water partition coefficient (Wildman–Crippen LogP) is 4.67. The molecule has 3 atom stereocenters. The van der Waals surface area contributed by atoms with Crippen LogP contribution in [0.2, 0.25) is 0 Å². The molecule has 1 fully saturated rings. The Morgan fingerprint density at radius 2 is 1.67 bits per heavy atom. The van der Waals surface area contributed by atoms with Crippen LogP contribution < -0.4 is 5.32 Å². The Kier molecular flexibility index (Phi) is 9.08. The molecule has 0 aromatic heterocycles. The fourth-order valence-corrected chi connectivity index (χ4v) is 3.32. The molecule has 1 aliphatic rings. The zero-order valence-corrected chi connectivity index (χ0v) is 20.3. The van der Waals surface area contributed by atoms with Crippen LogP contribution in [-0.2, 0) is 25.6 Å². The summed E-state index contributed by atoms with van der Waals surface area (Å²) in [4.78, 5) is 30.0. The summed E-state index contributed by atoms with van der Waals surface area (Å²) in [6, 6.07) is 11.2. The lowest BCUT2D eigenvalue weighted by molar-refractivity contribution is -0.222. The van der Waals surface area contributed by atoms with Gasteiger partial charge in [-0.1, -0.05) is 35.4 Å². The molecule has 0 spiro atoms. The van der Waals surface area contributed by atoms with E-state index < -0.39 is 35.8 Å². The van der Waals surface area contributed by atoms with Crippen LogP contribution in [0.25, 0.3) is 0 Å². The molecule has 1 aliphatic heterocycles. The fraction of sp³-hybridized carbons (Fsp3) is 0.625. The maximum absolute atomic E-state index is 12.3. The van der Waals surface area contributed by atoms with Crippen molar-refractivity contribution in [1.82, 2.24) is 10.4 Å². The summed E-state index contributed by atoms with van der Waals surface area (Å²) in [5.41, 5.74) is -0.420. The van der Waals surface area contributed by atoms with E-state index in [1.807, 2.05) is 30.3 Å². The Morgan fingerprint density at radius 1 is 1.06 bits per heavy atom. The summed E-state index contributed by atoms with van der Waals surface area (Å²) >= 11 is 0. The third kappa shape index (κ3) is 9.68. The van der Waals surface area contributed by atoms with Crippen molar-refractivity contribution >= 4 is 12.3 Å². The Hall–Kier alpha value is -2.83. The standard InChI is InChI=1S/C24H35N3O6/c1-23(2,3)31-21(28)30-20-13-12-19(27(20)33-22(29)32-24(4,5)6)14-18(15-25)26-16-17-10-8-7-9-11-17/h7-11,18-20,26H,12-14,16H2,1-6H3/t18?,19-,20-/m0/s1. The summed E-state index contributed by atoms with van der Waals surface area (Å²) in [6.45, 7) is 10.9. The van der Waals surface area contributed by atoms with Crippen LogP contribution in [0, 0.1) is 11.3 Å². The molecule has 2 rings (SSSR count). The molecular weight excluding hydrogens is 426 g/mol. The lowest BCUT2D eigenvalue weighted by atomic mass is 10.1. The number of hydroxylamine groups is 2. The van der Waals surface area contributed by atoms with E-state index in [2.05, 4.69) is 11.4 Å². The molecule has 1 heterocycles. The number of benzene rings is 1. The number of hydrogen-bond donors (Lipinski definition) is 1. The number of ether oxygens (including phenoxy) is 3. The van der Waals surface area contributed by atoms with Crippen molar-refractivity contribution in [2.24, 2.45) is 0 Å². The van der Waals surface area contributed by atoms with Crippen LogP contribution in [0.3, 0.4) is 0 Å². The lowest BCUT2D eigenvalue weighted by Gasteiger charge is -2.30. The van der Waals surface area contributed by atoms with Crippen LogP contribution in [0.15, 0.2) is 30.3 Å². The largest absolute Gasteiger partial charge is 0.528 e. The maximum Gasteiger partial charge on any atom is 0.528 e. The first kappa shape index (κ1) is 26.4. The highest BCUT2D eigenvalue weighted by molar-refractivity contribution is 5.61. The van der Waals surface area contributed by atoms with Crippen LogP contribution in [0.1, 0.15) is 66.4 Å². The average molecular weight is 462 g/mol. The summed E-state index contributed by atoms with van der Waals surface area (Å²) in [6.07, 6.45) is -1.26. The van der Waals surface area contributed by atoms with E-state index in [1.54, 1.807) is 41.5 Å². The summed E-state index contributed by atoms with van der Waals surface area (Å²) in [7, 11) is 0. The smallest absolute Gasteiger partial charge is 0.429 e. The monoisotopic (exact) mass is 461 g/mol. The number of carbonyl (C=O) groups excluding carboxylic acids is 2. The molecule has 1 aromatic rings. The van der Waals surface area contributed by atoms with E-state index in [0.29, 0.717) is 25.8 Å². The van der Waals surface area contributed by atoms with Gasteiger partial charge in [-0.2, -0.15) is 5.26 Å². The Bertz CT molecular complexity index is 825. The number of hydrogen-bond acceptors (Lipinski definition) is 9. The van der Waals surface area contributed by atoms with E-state index >= 15 is 0 Å². The number of nitrogens with one attached hydrogen (secondary N) is 1. The van der Waals surface area contributed by atoms with Crippen molar-refractivity contribution in [2.75, 3.05) is 0 Å². The van der Waals surface area contributed by atoms with Crippen LogP contribution >= 0.6 is 0 Å². The van der Waals surface area contributed by atoms with Gasteiger partial charge in [0.15, 0.2) is 6.23 Å². The number of rotatable bonds is 7. The number of nitriles is 1. The van der Waals surface area contributed by atoms with Gasteiger partial charge < -0.3 is 19.0 Å². The summed E-state index contributed by atoms with van der Waals surface area (Å²) in [5.74, 6) is 0. The minimum Gasteiger partial charge on any atom is -0.429 e. The first-order valence-corrected chi connectivity index (χ1v) is 11.1. The molecule has 33 heavy (non-hydrogen) atoms. The third-order valence-electron chi connectivity index (χ3n) is 4.64. The second-order valence-corrected chi connectivity index (χ2v) is 9.97. The quantitative estimate of drug-likeness (QED) is 0.579. The van der Waals surface area contributed by atoms with Crippen LogP contribution in [0.5, 0.6) is 0 Å². The molecule has 182 valence electrons. The lowest BCUT2D eigenvalue weighted by Crippen LogP contribution is -2.44. The molecule has 0 amide bonds. The van der Waals surface area contributed by atoms with Crippen molar-refractivity contribution < 1.29 is 28.6 Å². The predicted molar refractivity (Wildman–Crippen MR) is 121 cm³/mol. The second kappa shape index (κ2) is 11.3. The zero-order valence-electron chi connectivity index (χ0n) is 20.3. The number of carbonyl (C=O) groups is 2. The zero-order chi connectivity index (χ0) is 24.6. The van der Waals surface area contributed by atoms with Gasteiger partial charge in [-0.05, 0) is 59.9 Å². The molecule has 0 aliphatic carbocycles. The van der Waals surface area contributed by atoms with Gasteiger partial charge in [-0.15, -0.1) is 0 Å². The second-order valence-electron chi connectivity index (χ2n) is 9.97. The minimum absolute atomic E-state index is 0.349. The molecule has 0 radical (unpaired) electrons. The van der Waals surface area contributed by atoms with E-state index in [0.717, 1.165) is 5.56 Å². The summed E-state index contributed by atoms with van der Waals surface area (Å²) < 4.78 is 15.9. The first-order valence-electron chi connectivity index (χ1n) is 11.1. The van der Waals surface area contributed by atoms with E-state index in [9.17, 15) is 14.9 Å². The molecule has 0 bridgehead atoms. The topological polar surface area (TPSA) is 110 Å². The first-order chi connectivity index (χ1) is 15.4. The van der Waals surface area contributed by atoms with Gasteiger partial charge in [-0.3, -0.25) is 5.32 Å². The Balaban J connectivity index is 2.07. The molecule has 9 heteroatoms. The number of nitrogens with zero attached hydrogens (tertiary/aromatic N) is 2. The normalized spacial score (nSPS) is 19.9. The minimum atomic E-state index is -0.905. The van der Waals surface area contributed by atoms with Gasteiger partial charge in [0.05, 0.1) is 18.2 Å². The molecule has 1 N–H and O–H groups in total. The maximum atomic E-state index is 12.3. The molecule has 9 nitrogen and oxygen atoms in total. The van der Waals surface area contributed by atoms with Gasteiger partial charge in [0, 0.05) is 13.0 Å². The average Bonchev–Trinajstić information content (AvgIpc) is 3.03. The van der Waals surface area contributed by atoms with Crippen molar-refractivity contribution in [3.63, 3.8) is 0 Å². The van der Waals surface area contributed by atoms with Gasteiger partial charge in [0.1, 0.15) is 11.2 Å².